The molecule has 0 radical (unpaired) electrons. The van der Waals surface area contributed by atoms with Gasteiger partial charge in [0.2, 0.25) is 0 Å². The van der Waals surface area contributed by atoms with E-state index >= 15 is 0 Å². The fraction of sp³-hybridized carbons (Fsp3) is 0.579. The summed E-state index contributed by atoms with van der Waals surface area (Å²) in [6, 6.07) is 4.01. The Bertz CT molecular complexity index is 593. The Hall–Kier alpha value is -1.96. The summed E-state index contributed by atoms with van der Waals surface area (Å²) >= 11 is 0. The molecule has 2 fully saturated rings. The van der Waals surface area contributed by atoms with Gasteiger partial charge in [-0.1, -0.05) is 6.07 Å². The van der Waals surface area contributed by atoms with E-state index in [1.54, 1.807) is 6.92 Å². The zero-order valence-electron chi connectivity index (χ0n) is 15.3. The van der Waals surface area contributed by atoms with E-state index in [4.69, 9.17) is 10.2 Å². The molecule has 0 atom stereocenters. The molecule has 1 aromatic rings. The van der Waals surface area contributed by atoms with E-state index in [0.717, 1.165) is 12.0 Å². The molecule has 2 heterocycles. The summed E-state index contributed by atoms with van der Waals surface area (Å²) in [5.41, 5.74) is 0.570. The van der Waals surface area contributed by atoms with Crippen LogP contribution in [0.5, 0.6) is 0 Å². The molecule has 3 rings (SSSR count). The minimum Gasteiger partial charge on any atom is -0.478 e. The molecule has 4 N–H and O–H groups in total. The molecule has 2 saturated heterocycles. The van der Waals surface area contributed by atoms with Crippen molar-refractivity contribution in [1.82, 2.24) is 15.5 Å². The van der Waals surface area contributed by atoms with Crippen LogP contribution in [0, 0.1) is 12.8 Å². The number of rotatable bonds is 4. The highest BCUT2D eigenvalue weighted by atomic mass is 16.4. The lowest BCUT2D eigenvalue weighted by molar-refractivity contribution is 0.0695. The van der Waals surface area contributed by atoms with E-state index in [9.17, 15) is 9.59 Å². The third kappa shape index (κ3) is 6.40. The van der Waals surface area contributed by atoms with Crippen LogP contribution in [0.1, 0.15) is 39.1 Å². The van der Waals surface area contributed by atoms with Gasteiger partial charge < -0.3 is 25.7 Å². The maximum absolute atomic E-state index is 10.6. The van der Waals surface area contributed by atoms with Crippen LogP contribution in [0.25, 0.3) is 0 Å². The number of aromatic carboxylic acids is 2. The van der Waals surface area contributed by atoms with E-state index < -0.39 is 11.9 Å². The lowest BCUT2D eigenvalue weighted by Crippen LogP contribution is -2.46. The van der Waals surface area contributed by atoms with Crippen molar-refractivity contribution in [1.29, 1.82) is 0 Å². The number of carboxylic acid groups (broad SMARTS) is 2. The molecular weight excluding hydrogens is 334 g/mol. The SMILES string of the molecule is C1CC(CN2CCNCC2)CCN1.Cc1ccc(C(=O)O)cc1C(=O)O. The molecule has 0 amide bonds. The molecule has 2 aliphatic rings. The van der Waals surface area contributed by atoms with Gasteiger partial charge in [-0.25, -0.2) is 9.59 Å². The zero-order valence-corrected chi connectivity index (χ0v) is 15.3. The molecule has 0 saturated carbocycles. The molecule has 0 aliphatic carbocycles. The van der Waals surface area contributed by atoms with Crippen molar-refractivity contribution in [2.24, 2.45) is 5.92 Å². The van der Waals surface area contributed by atoms with Gasteiger partial charge in [0, 0.05) is 32.7 Å². The summed E-state index contributed by atoms with van der Waals surface area (Å²) in [6.07, 6.45) is 2.76. The molecule has 2 aliphatic heterocycles. The molecule has 0 aromatic heterocycles. The van der Waals surface area contributed by atoms with Crippen LogP contribution < -0.4 is 10.6 Å². The van der Waals surface area contributed by atoms with Gasteiger partial charge in [0.25, 0.3) is 0 Å². The van der Waals surface area contributed by atoms with Gasteiger partial charge in [0.1, 0.15) is 0 Å². The van der Waals surface area contributed by atoms with Crippen molar-refractivity contribution < 1.29 is 19.8 Å². The molecule has 0 bridgehead atoms. The summed E-state index contributed by atoms with van der Waals surface area (Å²) in [6.45, 7) is 10.3. The minimum atomic E-state index is -1.12. The molecule has 7 nitrogen and oxygen atoms in total. The first-order chi connectivity index (χ1) is 12.5. The number of carboxylic acids is 2. The van der Waals surface area contributed by atoms with E-state index in [0.29, 0.717) is 5.56 Å². The quantitative estimate of drug-likeness (QED) is 0.639. The van der Waals surface area contributed by atoms with Crippen molar-refractivity contribution in [3.05, 3.63) is 34.9 Å². The van der Waals surface area contributed by atoms with E-state index in [1.807, 2.05) is 0 Å². The first-order valence-electron chi connectivity index (χ1n) is 9.18. The monoisotopic (exact) mass is 363 g/mol. The van der Waals surface area contributed by atoms with Gasteiger partial charge in [0.15, 0.2) is 0 Å². The zero-order chi connectivity index (χ0) is 18.9. The molecule has 0 spiro atoms. The van der Waals surface area contributed by atoms with Crippen LogP contribution in [0.15, 0.2) is 18.2 Å². The van der Waals surface area contributed by atoms with Gasteiger partial charge in [-0.2, -0.15) is 0 Å². The van der Waals surface area contributed by atoms with Gasteiger partial charge in [-0.05, 0) is 56.5 Å². The third-order valence-electron chi connectivity index (χ3n) is 4.90. The average Bonchev–Trinajstić information content (AvgIpc) is 2.64. The Morgan fingerprint density at radius 3 is 2.23 bits per heavy atom. The summed E-state index contributed by atoms with van der Waals surface area (Å²) in [7, 11) is 0. The maximum Gasteiger partial charge on any atom is 0.335 e. The number of nitrogens with one attached hydrogen (secondary N) is 2. The number of nitrogens with zero attached hydrogens (tertiary/aromatic N) is 1. The van der Waals surface area contributed by atoms with E-state index in [-0.39, 0.29) is 11.1 Å². The number of piperidine rings is 1. The van der Waals surface area contributed by atoms with Crippen LogP contribution in [0.4, 0.5) is 0 Å². The average molecular weight is 363 g/mol. The highest BCUT2D eigenvalue weighted by Gasteiger charge is 2.17. The van der Waals surface area contributed by atoms with Gasteiger partial charge in [-0.15, -0.1) is 0 Å². The largest absolute Gasteiger partial charge is 0.478 e. The van der Waals surface area contributed by atoms with E-state index in [2.05, 4.69) is 15.5 Å². The Morgan fingerprint density at radius 2 is 1.65 bits per heavy atom. The van der Waals surface area contributed by atoms with Gasteiger partial charge in [0.05, 0.1) is 11.1 Å². The minimum absolute atomic E-state index is 0.0111. The summed E-state index contributed by atoms with van der Waals surface area (Å²) in [5, 5.41) is 24.1. The van der Waals surface area contributed by atoms with Crippen molar-refractivity contribution >= 4 is 11.9 Å². The maximum atomic E-state index is 10.6. The normalized spacial score (nSPS) is 18.7. The molecule has 26 heavy (non-hydrogen) atoms. The Morgan fingerprint density at radius 1 is 1.04 bits per heavy atom. The Balaban J connectivity index is 0.000000187. The summed E-state index contributed by atoms with van der Waals surface area (Å²) in [4.78, 5) is 23.7. The lowest BCUT2D eigenvalue weighted by Gasteiger charge is -2.32. The predicted octanol–water partition coefficient (Wildman–Crippen LogP) is 1.28. The molecule has 1 aromatic carbocycles. The van der Waals surface area contributed by atoms with Crippen molar-refractivity contribution in [2.45, 2.75) is 19.8 Å². The predicted molar refractivity (Wildman–Crippen MR) is 100 cm³/mol. The first kappa shape index (κ1) is 20.4. The second kappa shape index (κ2) is 10.3. The van der Waals surface area contributed by atoms with Crippen molar-refractivity contribution in [3.8, 4) is 0 Å². The number of hydrogen-bond acceptors (Lipinski definition) is 5. The molecule has 0 unspecified atom stereocenters. The number of carbonyl (C=O) groups is 2. The standard InChI is InChI=1S/C10H21N3.C9H8O4/c1-3-11-4-2-10(1)9-13-7-5-12-6-8-13;1-5-2-3-6(8(10)11)4-7(5)9(12)13/h10-12H,1-9H2;2-4H,1H3,(H,10,11)(H,12,13). The van der Waals surface area contributed by atoms with E-state index in [1.165, 1.54) is 70.8 Å². The van der Waals surface area contributed by atoms with Gasteiger partial charge >= 0.3 is 11.9 Å². The number of aryl methyl sites for hydroxylation is 1. The van der Waals surface area contributed by atoms with Crippen LogP contribution in [0.3, 0.4) is 0 Å². The number of benzene rings is 1. The highest BCUT2D eigenvalue weighted by molar-refractivity contribution is 5.94. The fourth-order valence-electron chi connectivity index (χ4n) is 3.31. The second-order valence-corrected chi connectivity index (χ2v) is 6.88. The summed E-state index contributed by atoms with van der Waals surface area (Å²) < 4.78 is 0. The number of piperazine rings is 1. The van der Waals surface area contributed by atoms with Crippen LogP contribution in [0.2, 0.25) is 0 Å². The number of hydrogen-bond donors (Lipinski definition) is 4. The first-order valence-corrected chi connectivity index (χ1v) is 9.18. The fourth-order valence-corrected chi connectivity index (χ4v) is 3.31. The second-order valence-electron chi connectivity index (χ2n) is 6.88. The van der Waals surface area contributed by atoms with Crippen LogP contribution >= 0.6 is 0 Å². The summed E-state index contributed by atoms with van der Waals surface area (Å²) in [5.74, 6) is -1.28. The Labute approximate surface area is 154 Å². The van der Waals surface area contributed by atoms with Crippen LogP contribution in [-0.4, -0.2) is 72.9 Å². The van der Waals surface area contributed by atoms with Crippen molar-refractivity contribution in [2.75, 3.05) is 45.8 Å². The molecule has 7 heteroatoms. The van der Waals surface area contributed by atoms with Crippen molar-refractivity contribution in [3.63, 3.8) is 0 Å². The third-order valence-corrected chi connectivity index (χ3v) is 4.90. The Kier molecular flexibility index (Phi) is 8.03. The molecule has 144 valence electrons. The molecular formula is C19H29N3O4. The van der Waals surface area contributed by atoms with Crippen LogP contribution in [-0.2, 0) is 0 Å². The van der Waals surface area contributed by atoms with Gasteiger partial charge in [-0.3, -0.25) is 0 Å². The topological polar surface area (TPSA) is 102 Å². The smallest absolute Gasteiger partial charge is 0.335 e. The highest BCUT2D eigenvalue weighted by Crippen LogP contribution is 2.13. The lowest BCUT2D eigenvalue weighted by atomic mass is 9.97.